The molecule has 0 saturated carbocycles. The van der Waals surface area contributed by atoms with Crippen molar-refractivity contribution in [1.82, 2.24) is 29.7 Å². The molecule has 0 aliphatic carbocycles. The Morgan fingerprint density at radius 2 is 2.11 bits per heavy atom. The highest BCUT2D eigenvalue weighted by Crippen LogP contribution is 2.38. The Morgan fingerprint density at radius 1 is 1.30 bits per heavy atom. The van der Waals surface area contributed by atoms with Crippen LogP contribution in [0.2, 0.25) is 0 Å². The minimum absolute atomic E-state index is 0.108. The number of carbonyl (C=O) groups excluding carboxylic acids is 1. The lowest BCUT2D eigenvalue weighted by Crippen LogP contribution is -2.43. The minimum Gasteiger partial charge on any atom is -0.389 e. The zero-order valence-corrected chi connectivity index (χ0v) is 20.9. The second-order valence-corrected chi connectivity index (χ2v) is 10.3. The largest absolute Gasteiger partial charge is 0.389 e. The third kappa shape index (κ3) is 4.52. The number of aliphatic hydroxyl groups is 1. The average Bonchev–Trinajstić information content (AvgIpc) is 3.57. The van der Waals surface area contributed by atoms with Gasteiger partial charge in [-0.05, 0) is 38.0 Å². The van der Waals surface area contributed by atoms with Crippen LogP contribution in [0.25, 0.3) is 16.6 Å². The summed E-state index contributed by atoms with van der Waals surface area (Å²) in [6.45, 7) is 7.22. The zero-order valence-electron chi connectivity index (χ0n) is 20.9. The van der Waals surface area contributed by atoms with Gasteiger partial charge in [-0.25, -0.2) is 4.52 Å². The van der Waals surface area contributed by atoms with Crippen LogP contribution in [0.5, 0.6) is 0 Å². The Morgan fingerprint density at radius 3 is 2.73 bits per heavy atom. The molecule has 2 atom stereocenters. The van der Waals surface area contributed by atoms with Crippen molar-refractivity contribution in [2.45, 2.75) is 38.5 Å². The molecule has 0 aromatic carbocycles. The number of nitriles is 1. The lowest BCUT2D eigenvalue weighted by atomic mass is 9.84. The first-order valence-electron chi connectivity index (χ1n) is 12.0. The van der Waals surface area contributed by atoms with Crippen LogP contribution in [0, 0.1) is 17.2 Å². The summed E-state index contributed by atoms with van der Waals surface area (Å²) in [7, 11) is 0. The van der Waals surface area contributed by atoms with Gasteiger partial charge in [0.05, 0.1) is 58.1 Å². The average molecular weight is 500 g/mol. The highest BCUT2D eigenvalue weighted by Gasteiger charge is 2.44. The molecule has 1 amide bonds. The molecule has 5 N–H and O–H groups in total. The number of amides is 1. The van der Waals surface area contributed by atoms with Crippen molar-refractivity contribution in [3.8, 4) is 17.2 Å². The summed E-state index contributed by atoms with van der Waals surface area (Å²) in [6.07, 6.45) is 8.47. The summed E-state index contributed by atoms with van der Waals surface area (Å²) in [6, 6.07) is 7.63. The van der Waals surface area contributed by atoms with Gasteiger partial charge in [-0.3, -0.25) is 14.5 Å². The summed E-state index contributed by atoms with van der Waals surface area (Å²) in [5, 5.41) is 35.2. The topological polar surface area (TPSA) is 159 Å². The molecule has 0 spiro atoms. The molecular formula is C26H29N9O2. The summed E-state index contributed by atoms with van der Waals surface area (Å²) < 4.78 is 3.39. The molecular weight excluding hydrogens is 470 g/mol. The van der Waals surface area contributed by atoms with Gasteiger partial charge >= 0.3 is 0 Å². The molecule has 37 heavy (non-hydrogen) atoms. The SMILES string of the molecule is C[C@H]1CNC[C@]1(Nc1c(C(N)=O)cnn2cc(-c3cnn(CC(C)(C)O)c3)cc12)c1ccc(C#N)cn1. The quantitative estimate of drug-likeness (QED) is 0.300. The van der Waals surface area contributed by atoms with Crippen LogP contribution < -0.4 is 16.4 Å². The number of rotatable bonds is 7. The van der Waals surface area contributed by atoms with Crippen molar-refractivity contribution in [2.24, 2.45) is 11.7 Å². The van der Waals surface area contributed by atoms with Gasteiger partial charge in [-0.15, -0.1) is 0 Å². The predicted molar refractivity (Wildman–Crippen MR) is 138 cm³/mol. The van der Waals surface area contributed by atoms with E-state index in [-0.39, 0.29) is 11.5 Å². The Bertz CT molecular complexity index is 1510. The van der Waals surface area contributed by atoms with E-state index in [2.05, 4.69) is 38.8 Å². The van der Waals surface area contributed by atoms with E-state index in [1.165, 1.54) is 6.20 Å². The van der Waals surface area contributed by atoms with Gasteiger partial charge in [0.25, 0.3) is 5.91 Å². The number of nitrogens with one attached hydrogen (secondary N) is 2. The van der Waals surface area contributed by atoms with Gasteiger partial charge in [-0.1, -0.05) is 6.92 Å². The lowest BCUT2D eigenvalue weighted by Gasteiger charge is -2.35. The van der Waals surface area contributed by atoms with E-state index in [4.69, 9.17) is 5.73 Å². The Balaban J connectivity index is 1.61. The molecule has 4 aromatic heterocycles. The molecule has 5 rings (SSSR count). The van der Waals surface area contributed by atoms with Crippen molar-refractivity contribution >= 4 is 17.1 Å². The van der Waals surface area contributed by atoms with Crippen LogP contribution in [0.4, 0.5) is 5.69 Å². The number of hydrogen-bond donors (Lipinski definition) is 4. The van der Waals surface area contributed by atoms with Crippen LogP contribution in [-0.4, -0.2) is 54.1 Å². The van der Waals surface area contributed by atoms with E-state index in [9.17, 15) is 15.2 Å². The van der Waals surface area contributed by atoms with E-state index in [0.29, 0.717) is 29.9 Å². The third-order valence-corrected chi connectivity index (χ3v) is 6.81. The van der Waals surface area contributed by atoms with Gasteiger partial charge in [0, 0.05) is 42.8 Å². The van der Waals surface area contributed by atoms with Crippen LogP contribution in [0.1, 0.15) is 42.4 Å². The molecule has 4 aromatic rings. The van der Waals surface area contributed by atoms with Gasteiger partial charge in [0.1, 0.15) is 6.07 Å². The highest BCUT2D eigenvalue weighted by atomic mass is 16.3. The molecule has 0 unspecified atom stereocenters. The van der Waals surface area contributed by atoms with Crippen LogP contribution >= 0.6 is 0 Å². The maximum atomic E-state index is 12.5. The van der Waals surface area contributed by atoms with E-state index in [0.717, 1.165) is 23.4 Å². The van der Waals surface area contributed by atoms with E-state index in [1.54, 1.807) is 41.5 Å². The van der Waals surface area contributed by atoms with Crippen molar-refractivity contribution in [3.05, 3.63) is 66.0 Å². The second-order valence-electron chi connectivity index (χ2n) is 10.3. The molecule has 1 aliphatic rings. The van der Waals surface area contributed by atoms with Crippen molar-refractivity contribution in [2.75, 3.05) is 18.4 Å². The van der Waals surface area contributed by atoms with Gasteiger partial charge in [0.15, 0.2) is 0 Å². The first-order valence-corrected chi connectivity index (χ1v) is 12.0. The molecule has 11 heteroatoms. The number of fused-ring (bicyclic) bond motifs is 1. The van der Waals surface area contributed by atoms with E-state index >= 15 is 0 Å². The van der Waals surface area contributed by atoms with E-state index in [1.807, 2.05) is 24.5 Å². The highest BCUT2D eigenvalue weighted by molar-refractivity contribution is 6.02. The number of pyridine rings is 1. The first-order chi connectivity index (χ1) is 17.6. The lowest BCUT2D eigenvalue weighted by molar-refractivity contribution is 0.0577. The fourth-order valence-electron chi connectivity index (χ4n) is 4.88. The zero-order chi connectivity index (χ0) is 26.4. The molecule has 0 radical (unpaired) electrons. The molecule has 190 valence electrons. The monoisotopic (exact) mass is 499 g/mol. The minimum atomic E-state index is -0.899. The Labute approximate surface area is 213 Å². The number of aromatic nitrogens is 5. The van der Waals surface area contributed by atoms with Crippen molar-refractivity contribution in [1.29, 1.82) is 5.26 Å². The molecule has 1 saturated heterocycles. The number of primary amides is 1. The first kappa shape index (κ1) is 24.4. The van der Waals surface area contributed by atoms with Gasteiger partial charge in [0.2, 0.25) is 0 Å². The number of hydrogen-bond acceptors (Lipinski definition) is 8. The van der Waals surface area contributed by atoms with Crippen molar-refractivity contribution in [3.63, 3.8) is 0 Å². The second kappa shape index (κ2) is 8.99. The Kier molecular flexibility index (Phi) is 5.94. The molecule has 0 bridgehead atoms. The maximum Gasteiger partial charge on any atom is 0.252 e. The fourth-order valence-corrected chi connectivity index (χ4v) is 4.88. The molecule has 5 heterocycles. The normalized spacial score (nSPS) is 19.7. The smallest absolute Gasteiger partial charge is 0.252 e. The molecule has 1 fully saturated rings. The maximum absolute atomic E-state index is 12.5. The number of anilines is 1. The summed E-state index contributed by atoms with van der Waals surface area (Å²) in [4.78, 5) is 17.1. The number of carbonyl (C=O) groups is 1. The van der Waals surface area contributed by atoms with E-state index < -0.39 is 17.0 Å². The molecule has 11 nitrogen and oxygen atoms in total. The van der Waals surface area contributed by atoms with Crippen LogP contribution in [0.15, 0.2) is 49.2 Å². The van der Waals surface area contributed by atoms with Crippen LogP contribution in [-0.2, 0) is 12.1 Å². The van der Waals surface area contributed by atoms with Crippen molar-refractivity contribution < 1.29 is 9.90 Å². The standard InChI is InChI=1S/C26H29N9O2/c1-16-8-29-14-26(16,22-5-4-17(7-27)9-30-22)33-23-20(24(28)36)11-32-35-13-18(6-21(23)35)19-10-31-34(12-19)15-25(2,3)37/h4-6,9-13,16,29,33,37H,8,14-15H2,1-3H3,(H2,28,36)/t16-,26+/m0/s1. The number of nitrogens with zero attached hydrogens (tertiary/aromatic N) is 6. The van der Waals surface area contributed by atoms with Crippen LogP contribution in [0.3, 0.4) is 0 Å². The van der Waals surface area contributed by atoms with Gasteiger partial charge in [-0.2, -0.15) is 15.5 Å². The summed E-state index contributed by atoms with van der Waals surface area (Å²) in [5.74, 6) is -0.490. The predicted octanol–water partition coefficient (Wildman–Crippen LogP) is 1.88. The Hall–Kier alpha value is -4.27. The summed E-state index contributed by atoms with van der Waals surface area (Å²) >= 11 is 0. The molecule has 1 aliphatic heterocycles. The number of nitrogens with two attached hydrogens (primary N) is 1. The third-order valence-electron chi connectivity index (χ3n) is 6.81. The summed E-state index contributed by atoms with van der Waals surface area (Å²) in [5.41, 5.74) is 8.66. The fraction of sp³-hybridized carbons (Fsp3) is 0.346. The van der Waals surface area contributed by atoms with Gasteiger partial charge < -0.3 is 21.5 Å².